The standard InChI is InChI=1S/C27H26N4O2/c1-29-27(33)24-10-6-5-9-23(24)25(28-29)21-11-13-22(14-12-21)26(32)31-17-15-30(16-18-31)19-20-7-3-2-4-8-20/h2-14H,15-19H2,1H3/p+1. The van der Waals surface area contributed by atoms with Crippen molar-refractivity contribution in [1.29, 1.82) is 0 Å². The molecule has 0 spiro atoms. The Kier molecular flexibility index (Phi) is 5.75. The van der Waals surface area contributed by atoms with Gasteiger partial charge in [0.2, 0.25) is 0 Å². The molecule has 0 unspecified atom stereocenters. The van der Waals surface area contributed by atoms with Crippen molar-refractivity contribution < 1.29 is 9.69 Å². The predicted octanol–water partition coefficient (Wildman–Crippen LogP) is 2.14. The second-order valence-electron chi connectivity index (χ2n) is 8.60. The Morgan fingerprint density at radius 1 is 0.879 bits per heavy atom. The molecule has 0 aliphatic carbocycles. The number of aryl methyl sites for hydroxylation is 1. The van der Waals surface area contributed by atoms with Gasteiger partial charge in [-0.2, -0.15) is 5.10 Å². The summed E-state index contributed by atoms with van der Waals surface area (Å²) in [6.45, 7) is 4.42. The lowest BCUT2D eigenvalue weighted by molar-refractivity contribution is -0.917. The van der Waals surface area contributed by atoms with Crippen LogP contribution in [0, 0.1) is 0 Å². The second-order valence-corrected chi connectivity index (χ2v) is 8.60. The number of hydrogen-bond acceptors (Lipinski definition) is 3. The fourth-order valence-electron chi connectivity index (χ4n) is 4.55. The Hall–Kier alpha value is -3.77. The van der Waals surface area contributed by atoms with Gasteiger partial charge >= 0.3 is 0 Å². The average Bonchev–Trinajstić information content (AvgIpc) is 2.87. The minimum absolute atomic E-state index is 0.0681. The maximum Gasteiger partial charge on any atom is 0.274 e. The smallest absolute Gasteiger partial charge is 0.274 e. The highest BCUT2D eigenvalue weighted by atomic mass is 16.2. The van der Waals surface area contributed by atoms with Gasteiger partial charge in [0.05, 0.1) is 37.3 Å². The van der Waals surface area contributed by atoms with Crippen LogP contribution in [0.2, 0.25) is 0 Å². The molecule has 166 valence electrons. The molecule has 33 heavy (non-hydrogen) atoms. The number of nitrogens with one attached hydrogen (secondary N) is 1. The molecule has 1 saturated heterocycles. The van der Waals surface area contributed by atoms with E-state index in [0.717, 1.165) is 49.4 Å². The first-order valence-electron chi connectivity index (χ1n) is 11.3. The fraction of sp³-hybridized carbons (Fsp3) is 0.222. The normalized spacial score (nSPS) is 14.5. The summed E-state index contributed by atoms with van der Waals surface area (Å²) in [4.78, 5) is 28.9. The number of amides is 1. The van der Waals surface area contributed by atoms with Crippen LogP contribution in [-0.4, -0.2) is 46.8 Å². The van der Waals surface area contributed by atoms with Crippen LogP contribution in [0.3, 0.4) is 0 Å². The van der Waals surface area contributed by atoms with Gasteiger partial charge in [0, 0.05) is 29.1 Å². The molecule has 1 fully saturated rings. The molecule has 0 radical (unpaired) electrons. The lowest BCUT2D eigenvalue weighted by atomic mass is 10.0. The third-order valence-electron chi connectivity index (χ3n) is 6.42. The molecule has 0 bridgehead atoms. The largest absolute Gasteiger partial charge is 0.328 e. The lowest BCUT2D eigenvalue weighted by Crippen LogP contribution is -3.13. The average molecular weight is 440 g/mol. The van der Waals surface area contributed by atoms with Gasteiger partial charge in [0.1, 0.15) is 6.54 Å². The molecule has 6 nitrogen and oxygen atoms in total. The quantitative estimate of drug-likeness (QED) is 0.530. The first-order valence-corrected chi connectivity index (χ1v) is 11.3. The lowest BCUT2D eigenvalue weighted by Gasteiger charge is -2.32. The van der Waals surface area contributed by atoms with E-state index in [4.69, 9.17) is 0 Å². The Morgan fingerprint density at radius 3 is 2.21 bits per heavy atom. The Morgan fingerprint density at radius 2 is 1.52 bits per heavy atom. The summed E-state index contributed by atoms with van der Waals surface area (Å²) in [5.74, 6) is 0.0681. The van der Waals surface area contributed by atoms with E-state index < -0.39 is 0 Å². The van der Waals surface area contributed by atoms with Crippen molar-refractivity contribution >= 4 is 16.7 Å². The first-order chi connectivity index (χ1) is 16.1. The van der Waals surface area contributed by atoms with E-state index in [1.165, 1.54) is 15.1 Å². The second kappa shape index (κ2) is 9.00. The number of quaternary nitrogens is 1. The van der Waals surface area contributed by atoms with Crippen LogP contribution < -0.4 is 10.5 Å². The summed E-state index contributed by atoms with van der Waals surface area (Å²) in [6.07, 6.45) is 0. The van der Waals surface area contributed by atoms with Gasteiger partial charge < -0.3 is 9.80 Å². The van der Waals surface area contributed by atoms with Crippen molar-refractivity contribution in [3.8, 4) is 11.3 Å². The Labute approximate surface area is 192 Å². The molecule has 0 atom stereocenters. The molecule has 1 amide bonds. The predicted molar refractivity (Wildman–Crippen MR) is 129 cm³/mol. The van der Waals surface area contributed by atoms with Gasteiger partial charge in [-0.3, -0.25) is 9.59 Å². The zero-order valence-electron chi connectivity index (χ0n) is 18.7. The fourth-order valence-corrected chi connectivity index (χ4v) is 4.55. The molecule has 0 saturated carbocycles. The van der Waals surface area contributed by atoms with Gasteiger partial charge in [-0.15, -0.1) is 0 Å². The highest BCUT2D eigenvalue weighted by Crippen LogP contribution is 2.25. The van der Waals surface area contributed by atoms with Crippen LogP contribution in [0.15, 0.2) is 83.7 Å². The highest BCUT2D eigenvalue weighted by molar-refractivity contribution is 5.96. The number of rotatable bonds is 4. The molecule has 3 aromatic carbocycles. The van der Waals surface area contributed by atoms with Crippen LogP contribution in [0.25, 0.3) is 22.0 Å². The SMILES string of the molecule is Cn1nc(-c2ccc(C(=O)N3CC[NH+](Cc4ccccc4)CC3)cc2)c2ccccc2c1=O. The number of benzene rings is 3. The van der Waals surface area contributed by atoms with E-state index in [2.05, 4.69) is 29.4 Å². The van der Waals surface area contributed by atoms with Gasteiger partial charge in [-0.1, -0.05) is 60.7 Å². The van der Waals surface area contributed by atoms with Crippen molar-refractivity contribution in [3.63, 3.8) is 0 Å². The number of hydrogen-bond donors (Lipinski definition) is 1. The zero-order chi connectivity index (χ0) is 22.8. The molecule has 6 heteroatoms. The van der Waals surface area contributed by atoms with E-state index in [-0.39, 0.29) is 11.5 Å². The number of piperazine rings is 1. The van der Waals surface area contributed by atoms with Crippen molar-refractivity contribution in [2.45, 2.75) is 6.54 Å². The number of fused-ring (bicyclic) bond motifs is 1. The maximum atomic E-state index is 13.1. The van der Waals surface area contributed by atoms with Crippen molar-refractivity contribution in [2.75, 3.05) is 26.2 Å². The number of carbonyl (C=O) groups excluding carboxylic acids is 1. The molecule has 5 rings (SSSR count). The topological polar surface area (TPSA) is 59.6 Å². The molecular formula is C27H27N4O2+. The van der Waals surface area contributed by atoms with Crippen LogP contribution >= 0.6 is 0 Å². The third kappa shape index (κ3) is 4.30. The molecule has 1 aliphatic rings. The summed E-state index contributed by atoms with van der Waals surface area (Å²) < 4.78 is 1.37. The molecule has 1 aromatic heterocycles. The van der Waals surface area contributed by atoms with Gasteiger partial charge in [-0.25, -0.2) is 4.68 Å². The van der Waals surface area contributed by atoms with Crippen molar-refractivity contribution in [2.24, 2.45) is 7.05 Å². The van der Waals surface area contributed by atoms with Gasteiger partial charge in [0.25, 0.3) is 11.5 Å². The number of carbonyl (C=O) groups is 1. The number of nitrogens with zero attached hydrogens (tertiary/aromatic N) is 3. The molecule has 4 aromatic rings. The van der Waals surface area contributed by atoms with Gasteiger partial charge in [-0.05, 0) is 18.2 Å². The van der Waals surface area contributed by atoms with Crippen molar-refractivity contribution in [1.82, 2.24) is 14.7 Å². The monoisotopic (exact) mass is 439 g/mol. The van der Waals surface area contributed by atoms with E-state index in [1.807, 2.05) is 59.5 Å². The van der Waals surface area contributed by atoms with Crippen LogP contribution in [0.4, 0.5) is 0 Å². The molecule has 1 N–H and O–H groups in total. The maximum absolute atomic E-state index is 13.1. The third-order valence-corrected chi connectivity index (χ3v) is 6.42. The first kappa shape index (κ1) is 21.1. The summed E-state index contributed by atoms with van der Waals surface area (Å²) >= 11 is 0. The summed E-state index contributed by atoms with van der Waals surface area (Å²) in [5.41, 5.74) is 3.52. The van der Waals surface area contributed by atoms with E-state index in [1.54, 1.807) is 7.05 Å². The Balaban J connectivity index is 1.30. The molecule has 2 heterocycles. The highest BCUT2D eigenvalue weighted by Gasteiger charge is 2.24. The minimum Gasteiger partial charge on any atom is -0.328 e. The van der Waals surface area contributed by atoms with Crippen LogP contribution in [0.1, 0.15) is 15.9 Å². The van der Waals surface area contributed by atoms with E-state index in [9.17, 15) is 9.59 Å². The summed E-state index contributed by atoms with van der Waals surface area (Å²) in [6, 6.07) is 25.6. The molecule has 1 aliphatic heterocycles. The summed E-state index contributed by atoms with van der Waals surface area (Å²) in [5, 5.41) is 5.94. The van der Waals surface area contributed by atoms with E-state index in [0.29, 0.717) is 10.9 Å². The summed E-state index contributed by atoms with van der Waals surface area (Å²) in [7, 11) is 1.66. The zero-order valence-corrected chi connectivity index (χ0v) is 18.7. The Bertz CT molecular complexity index is 1340. The van der Waals surface area contributed by atoms with E-state index >= 15 is 0 Å². The van der Waals surface area contributed by atoms with Crippen LogP contribution in [-0.2, 0) is 13.6 Å². The molecular weight excluding hydrogens is 412 g/mol. The minimum atomic E-state index is -0.116. The van der Waals surface area contributed by atoms with Crippen LogP contribution in [0.5, 0.6) is 0 Å². The van der Waals surface area contributed by atoms with Crippen molar-refractivity contribution in [3.05, 3.63) is 100 Å². The number of aromatic nitrogens is 2. The van der Waals surface area contributed by atoms with Gasteiger partial charge in [0.15, 0.2) is 0 Å².